The number of benzene rings is 1. The molecule has 0 amide bonds. The molecule has 2 aromatic rings. The van der Waals surface area contributed by atoms with E-state index in [1.54, 1.807) is 18.2 Å². The SMILES string of the molecule is Cc1csc(/C(C#N)=C/c2ccc(C(=O)[O-])cc2)n1. The number of carbonyl (C=O) groups is 1. The Morgan fingerprint density at radius 1 is 1.42 bits per heavy atom. The summed E-state index contributed by atoms with van der Waals surface area (Å²) in [5, 5.41) is 22.3. The van der Waals surface area contributed by atoms with Crippen LogP contribution >= 0.6 is 11.3 Å². The summed E-state index contributed by atoms with van der Waals surface area (Å²) in [5.74, 6) is -1.22. The van der Waals surface area contributed by atoms with E-state index in [1.807, 2.05) is 12.3 Å². The normalized spacial score (nSPS) is 11.1. The Labute approximate surface area is 114 Å². The van der Waals surface area contributed by atoms with Crippen molar-refractivity contribution in [3.05, 3.63) is 51.5 Å². The van der Waals surface area contributed by atoms with Gasteiger partial charge in [0.05, 0.1) is 11.5 Å². The molecule has 0 N–H and O–H groups in total. The van der Waals surface area contributed by atoms with E-state index >= 15 is 0 Å². The first-order valence-corrected chi connectivity index (χ1v) is 6.34. The second-order valence-corrected chi connectivity index (χ2v) is 4.73. The molecule has 2 rings (SSSR count). The Morgan fingerprint density at radius 3 is 2.58 bits per heavy atom. The Kier molecular flexibility index (Phi) is 3.74. The largest absolute Gasteiger partial charge is 0.545 e. The van der Waals surface area contributed by atoms with Crippen LogP contribution in [-0.2, 0) is 0 Å². The maximum Gasteiger partial charge on any atom is 0.134 e. The van der Waals surface area contributed by atoms with Gasteiger partial charge in [0.1, 0.15) is 11.1 Å². The first kappa shape index (κ1) is 13.0. The maximum atomic E-state index is 10.6. The molecule has 5 heteroatoms. The molecular formula is C14H9N2O2S-. The number of carbonyl (C=O) groups excluding carboxylic acids is 1. The number of aromatic carboxylic acids is 1. The Hall–Kier alpha value is -2.45. The number of hydrogen-bond acceptors (Lipinski definition) is 5. The fraction of sp³-hybridized carbons (Fsp3) is 0.0714. The Bertz CT molecular complexity index is 678. The molecule has 0 aliphatic heterocycles. The molecule has 0 saturated heterocycles. The van der Waals surface area contributed by atoms with Gasteiger partial charge in [-0.2, -0.15) is 5.26 Å². The van der Waals surface area contributed by atoms with Crippen LogP contribution in [0, 0.1) is 18.3 Å². The van der Waals surface area contributed by atoms with E-state index in [0.29, 0.717) is 10.6 Å². The van der Waals surface area contributed by atoms with Gasteiger partial charge in [-0.25, -0.2) is 4.98 Å². The molecule has 0 saturated carbocycles. The lowest BCUT2D eigenvalue weighted by Gasteiger charge is -2.02. The van der Waals surface area contributed by atoms with Crippen molar-refractivity contribution >= 4 is 29.0 Å². The van der Waals surface area contributed by atoms with Crippen LogP contribution in [0.3, 0.4) is 0 Å². The summed E-state index contributed by atoms with van der Waals surface area (Å²) in [5.41, 5.74) is 2.18. The average molecular weight is 269 g/mol. The number of thiazole rings is 1. The van der Waals surface area contributed by atoms with Crippen molar-refractivity contribution in [2.24, 2.45) is 0 Å². The molecule has 1 heterocycles. The maximum absolute atomic E-state index is 10.6. The highest BCUT2D eigenvalue weighted by Gasteiger charge is 2.05. The summed E-state index contributed by atoms with van der Waals surface area (Å²) in [6.45, 7) is 1.86. The van der Waals surface area contributed by atoms with Crippen molar-refractivity contribution in [2.75, 3.05) is 0 Å². The van der Waals surface area contributed by atoms with Crippen molar-refractivity contribution in [3.8, 4) is 6.07 Å². The minimum absolute atomic E-state index is 0.112. The van der Waals surface area contributed by atoms with E-state index in [9.17, 15) is 9.90 Å². The van der Waals surface area contributed by atoms with Gasteiger partial charge in [0.15, 0.2) is 0 Å². The van der Waals surface area contributed by atoms with Crippen molar-refractivity contribution in [1.82, 2.24) is 4.98 Å². The first-order chi connectivity index (χ1) is 9.10. The van der Waals surface area contributed by atoms with Gasteiger partial charge in [0.2, 0.25) is 0 Å². The number of allylic oxidation sites excluding steroid dienone is 1. The molecule has 1 aromatic heterocycles. The van der Waals surface area contributed by atoms with Gasteiger partial charge in [-0.1, -0.05) is 24.3 Å². The van der Waals surface area contributed by atoms with E-state index in [-0.39, 0.29) is 5.56 Å². The molecule has 0 aliphatic rings. The van der Waals surface area contributed by atoms with Gasteiger partial charge < -0.3 is 9.90 Å². The smallest absolute Gasteiger partial charge is 0.134 e. The van der Waals surface area contributed by atoms with Gasteiger partial charge >= 0.3 is 0 Å². The molecular weight excluding hydrogens is 260 g/mol. The zero-order valence-electron chi connectivity index (χ0n) is 10.1. The number of aryl methyl sites for hydroxylation is 1. The standard InChI is InChI=1S/C14H10N2O2S/c1-9-8-19-13(16-9)12(7-15)6-10-2-4-11(5-3-10)14(17)18/h2-6,8H,1H3,(H,17,18)/p-1/b12-6+. The number of aromatic nitrogens is 1. The minimum atomic E-state index is -1.22. The monoisotopic (exact) mass is 269 g/mol. The molecule has 0 spiro atoms. The van der Waals surface area contributed by atoms with Crippen molar-refractivity contribution in [1.29, 1.82) is 5.26 Å². The minimum Gasteiger partial charge on any atom is -0.545 e. The molecule has 0 unspecified atom stereocenters. The van der Waals surface area contributed by atoms with Crippen LogP contribution in [0.5, 0.6) is 0 Å². The summed E-state index contributed by atoms with van der Waals surface area (Å²) in [4.78, 5) is 14.9. The topological polar surface area (TPSA) is 76.8 Å². The fourth-order valence-corrected chi connectivity index (χ4v) is 2.26. The third kappa shape index (κ3) is 3.06. The highest BCUT2D eigenvalue weighted by Crippen LogP contribution is 2.21. The average Bonchev–Trinajstić information content (AvgIpc) is 2.83. The Morgan fingerprint density at radius 2 is 2.11 bits per heavy atom. The number of hydrogen-bond donors (Lipinski definition) is 0. The highest BCUT2D eigenvalue weighted by atomic mass is 32.1. The summed E-state index contributed by atoms with van der Waals surface area (Å²) < 4.78 is 0. The predicted molar refractivity (Wildman–Crippen MR) is 71.1 cm³/mol. The fourth-order valence-electron chi connectivity index (χ4n) is 1.50. The highest BCUT2D eigenvalue weighted by molar-refractivity contribution is 7.11. The summed E-state index contributed by atoms with van der Waals surface area (Å²) >= 11 is 1.40. The lowest BCUT2D eigenvalue weighted by Crippen LogP contribution is -2.21. The van der Waals surface area contributed by atoms with Gasteiger partial charge in [-0.3, -0.25) is 0 Å². The van der Waals surface area contributed by atoms with Crippen LogP contribution < -0.4 is 5.11 Å². The van der Waals surface area contributed by atoms with Crippen LogP contribution in [0.25, 0.3) is 11.6 Å². The number of carboxylic acid groups (broad SMARTS) is 1. The quantitative estimate of drug-likeness (QED) is 0.797. The van der Waals surface area contributed by atoms with Crippen molar-refractivity contribution in [3.63, 3.8) is 0 Å². The Balaban J connectivity index is 2.33. The third-order valence-corrected chi connectivity index (χ3v) is 3.42. The van der Waals surface area contributed by atoms with Crippen LogP contribution in [0.1, 0.15) is 26.6 Å². The van der Waals surface area contributed by atoms with Crippen molar-refractivity contribution in [2.45, 2.75) is 6.92 Å². The zero-order chi connectivity index (χ0) is 13.8. The summed E-state index contributed by atoms with van der Waals surface area (Å²) in [7, 11) is 0. The molecule has 0 atom stereocenters. The number of rotatable bonds is 3. The summed E-state index contributed by atoms with van der Waals surface area (Å²) in [6, 6.07) is 8.25. The van der Waals surface area contributed by atoms with Crippen LogP contribution in [0.2, 0.25) is 0 Å². The van der Waals surface area contributed by atoms with Crippen LogP contribution in [-0.4, -0.2) is 11.0 Å². The van der Waals surface area contributed by atoms with E-state index in [1.165, 1.54) is 23.5 Å². The molecule has 1 aromatic carbocycles. The van der Waals surface area contributed by atoms with E-state index in [4.69, 9.17) is 5.26 Å². The second kappa shape index (κ2) is 5.46. The van der Waals surface area contributed by atoms with E-state index < -0.39 is 5.97 Å². The molecule has 0 fully saturated rings. The molecule has 4 nitrogen and oxygen atoms in total. The van der Waals surface area contributed by atoms with E-state index in [0.717, 1.165) is 11.3 Å². The molecule has 19 heavy (non-hydrogen) atoms. The number of nitrogens with zero attached hydrogens (tertiary/aromatic N) is 2. The third-order valence-electron chi connectivity index (χ3n) is 2.43. The van der Waals surface area contributed by atoms with E-state index in [2.05, 4.69) is 11.1 Å². The van der Waals surface area contributed by atoms with Crippen molar-refractivity contribution < 1.29 is 9.90 Å². The molecule has 0 aliphatic carbocycles. The van der Waals surface area contributed by atoms with Crippen LogP contribution in [0.4, 0.5) is 0 Å². The number of nitriles is 1. The lowest BCUT2D eigenvalue weighted by atomic mass is 10.1. The second-order valence-electron chi connectivity index (χ2n) is 3.87. The predicted octanol–water partition coefficient (Wildman–Crippen LogP) is 1.88. The molecule has 0 radical (unpaired) electrons. The van der Waals surface area contributed by atoms with Gasteiger partial charge in [-0.15, -0.1) is 11.3 Å². The van der Waals surface area contributed by atoms with Gasteiger partial charge in [0, 0.05) is 11.1 Å². The zero-order valence-corrected chi connectivity index (χ0v) is 10.9. The lowest BCUT2D eigenvalue weighted by molar-refractivity contribution is -0.255. The van der Waals surface area contributed by atoms with Crippen LogP contribution in [0.15, 0.2) is 29.6 Å². The molecule has 0 bridgehead atoms. The van der Waals surface area contributed by atoms with Gasteiger partial charge in [0.25, 0.3) is 0 Å². The number of carboxylic acids is 1. The van der Waals surface area contributed by atoms with Gasteiger partial charge in [-0.05, 0) is 24.1 Å². The molecule has 94 valence electrons. The summed E-state index contributed by atoms with van der Waals surface area (Å²) in [6.07, 6.45) is 1.68. The first-order valence-electron chi connectivity index (χ1n) is 5.46.